The Labute approximate surface area is 178 Å². The molecule has 0 fully saturated rings. The number of nitrogens with one attached hydrogen (secondary N) is 1. The zero-order valence-electron chi connectivity index (χ0n) is 16.6. The third-order valence-corrected chi connectivity index (χ3v) is 6.44. The number of carbonyl (C=O) groups is 1. The number of thioether (sulfide) groups is 2. The Hall–Kier alpha value is -2.32. The molecule has 0 atom stereocenters. The van der Waals surface area contributed by atoms with Crippen LogP contribution in [0.1, 0.15) is 22.5 Å². The minimum absolute atomic E-state index is 0.0670. The molecular formula is C21H23FN4OS2. The van der Waals surface area contributed by atoms with Gasteiger partial charge >= 0.3 is 0 Å². The number of para-hydroxylation sites is 1. The molecule has 0 saturated carbocycles. The highest BCUT2D eigenvalue weighted by Gasteiger charge is 2.13. The first-order valence-corrected chi connectivity index (χ1v) is 11.3. The van der Waals surface area contributed by atoms with Gasteiger partial charge in [-0.2, -0.15) is 0 Å². The van der Waals surface area contributed by atoms with Crippen molar-refractivity contribution in [1.29, 1.82) is 0 Å². The van der Waals surface area contributed by atoms with Gasteiger partial charge in [0.15, 0.2) is 5.16 Å². The Morgan fingerprint density at radius 3 is 2.45 bits per heavy atom. The normalized spacial score (nSPS) is 10.9. The third kappa shape index (κ3) is 5.83. The molecule has 152 valence electrons. The molecule has 0 bridgehead atoms. The van der Waals surface area contributed by atoms with Crippen LogP contribution in [0.25, 0.3) is 0 Å². The van der Waals surface area contributed by atoms with E-state index in [1.54, 1.807) is 23.9 Å². The van der Waals surface area contributed by atoms with E-state index in [2.05, 4.69) is 15.5 Å². The Morgan fingerprint density at radius 1 is 1.07 bits per heavy atom. The van der Waals surface area contributed by atoms with E-state index in [1.165, 1.54) is 23.9 Å². The summed E-state index contributed by atoms with van der Waals surface area (Å²) in [7, 11) is 1.90. The molecule has 1 heterocycles. The highest BCUT2D eigenvalue weighted by molar-refractivity contribution is 7.99. The summed E-state index contributed by atoms with van der Waals surface area (Å²) in [6.45, 7) is 3.96. The average molecular weight is 431 g/mol. The van der Waals surface area contributed by atoms with Crippen LogP contribution in [0.3, 0.4) is 0 Å². The molecule has 29 heavy (non-hydrogen) atoms. The van der Waals surface area contributed by atoms with E-state index in [1.807, 2.05) is 43.7 Å². The number of benzene rings is 2. The zero-order chi connectivity index (χ0) is 20.8. The van der Waals surface area contributed by atoms with E-state index in [0.717, 1.165) is 34.0 Å². The number of anilines is 1. The lowest BCUT2D eigenvalue weighted by molar-refractivity contribution is -0.113. The van der Waals surface area contributed by atoms with Crippen LogP contribution < -0.4 is 5.32 Å². The van der Waals surface area contributed by atoms with Crippen molar-refractivity contribution in [2.75, 3.05) is 11.1 Å². The van der Waals surface area contributed by atoms with E-state index >= 15 is 0 Å². The number of hydrogen-bond donors (Lipinski definition) is 1. The maximum Gasteiger partial charge on any atom is 0.234 e. The van der Waals surface area contributed by atoms with Gasteiger partial charge < -0.3 is 9.88 Å². The first-order valence-electron chi connectivity index (χ1n) is 9.13. The molecule has 0 radical (unpaired) electrons. The van der Waals surface area contributed by atoms with Crippen molar-refractivity contribution >= 4 is 35.1 Å². The molecule has 1 N–H and O–H groups in total. The van der Waals surface area contributed by atoms with Crippen LogP contribution in [-0.2, 0) is 23.3 Å². The second-order valence-corrected chi connectivity index (χ2v) is 8.61. The predicted molar refractivity (Wildman–Crippen MR) is 118 cm³/mol. The summed E-state index contributed by atoms with van der Waals surface area (Å²) in [4.78, 5) is 12.3. The summed E-state index contributed by atoms with van der Waals surface area (Å²) in [5, 5.41) is 12.1. The number of halogens is 1. The number of aromatic nitrogens is 3. The molecule has 1 aromatic heterocycles. The first-order chi connectivity index (χ1) is 13.9. The molecule has 2 aromatic carbocycles. The fourth-order valence-corrected chi connectivity index (χ4v) is 4.45. The Kier molecular flexibility index (Phi) is 7.33. The predicted octanol–water partition coefficient (Wildman–Crippen LogP) is 4.74. The van der Waals surface area contributed by atoms with Crippen molar-refractivity contribution < 1.29 is 9.18 Å². The van der Waals surface area contributed by atoms with Crippen LogP contribution in [-0.4, -0.2) is 26.4 Å². The molecule has 0 aliphatic heterocycles. The molecule has 3 aromatic rings. The number of amides is 1. The highest BCUT2D eigenvalue weighted by Crippen LogP contribution is 2.23. The van der Waals surface area contributed by atoms with Crippen LogP contribution in [0.15, 0.2) is 47.6 Å². The van der Waals surface area contributed by atoms with Crippen molar-refractivity contribution in [3.8, 4) is 0 Å². The lowest BCUT2D eigenvalue weighted by Gasteiger charge is -2.11. The van der Waals surface area contributed by atoms with Gasteiger partial charge in [0.1, 0.15) is 11.6 Å². The summed E-state index contributed by atoms with van der Waals surface area (Å²) >= 11 is 3.05. The number of aryl methyl sites for hydroxylation is 2. The summed E-state index contributed by atoms with van der Waals surface area (Å²) in [6, 6.07) is 12.4. The number of hydrogen-bond acceptors (Lipinski definition) is 5. The van der Waals surface area contributed by atoms with Crippen LogP contribution in [0.2, 0.25) is 0 Å². The van der Waals surface area contributed by atoms with Gasteiger partial charge in [-0.3, -0.25) is 4.79 Å². The van der Waals surface area contributed by atoms with E-state index in [9.17, 15) is 9.18 Å². The second-order valence-electron chi connectivity index (χ2n) is 6.68. The van der Waals surface area contributed by atoms with Crippen molar-refractivity contribution in [3.63, 3.8) is 0 Å². The van der Waals surface area contributed by atoms with Gasteiger partial charge in [0.2, 0.25) is 5.91 Å². The maximum atomic E-state index is 13.0. The number of rotatable bonds is 8. The summed E-state index contributed by atoms with van der Waals surface area (Å²) in [6.07, 6.45) is 0. The van der Waals surface area contributed by atoms with Gasteiger partial charge in [0.25, 0.3) is 0 Å². The summed E-state index contributed by atoms with van der Waals surface area (Å²) < 4.78 is 14.9. The van der Waals surface area contributed by atoms with E-state index in [-0.39, 0.29) is 17.5 Å². The van der Waals surface area contributed by atoms with E-state index in [0.29, 0.717) is 10.9 Å². The Bertz CT molecular complexity index is 969. The van der Waals surface area contributed by atoms with Crippen LogP contribution in [0.4, 0.5) is 10.1 Å². The molecular weight excluding hydrogens is 407 g/mol. The fraction of sp³-hybridized carbons (Fsp3) is 0.286. The van der Waals surface area contributed by atoms with Gasteiger partial charge in [-0.1, -0.05) is 42.1 Å². The van der Waals surface area contributed by atoms with Crippen molar-refractivity contribution in [3.05, 3.63) is 70.8 Å². The molecule has 0 unspecified atom stereocenters. The van der Waals surface area contributed by atoms with E-state index < -0.39 is 0 Å². The van der Waals surface area contributed by atoms with Crippen LogP contribution in [0.5, 0.6) is 0 Å². The van der Waals surface area contributed by atoms with Crippen LogP contribution >= 0.6 is 23.5 Å². The van der Waals surface area contributed by atoms with E-state index in [4.69, 9.17) is 0 Å². The fourth-order valence-electron chi connectivity index (χ4n) is 2.75. The van der Waals surface area contributed by atoms with Gasteiger partial charge in [-0.25, -0.2) is 4.39 Å². The topological polar surface area (TPSA) is 59.8 Å². The lowest BCUT2D eigenvalue weighted by atomic mass is 10.1. The minimum atomic E-state index is -0.227. The monoisotopic (exact) mass is 430 g/mol. The molecule has 0 spiro atoms. The maximum absolute atomic E-state index is 13.0. The third-order valence-electron chi connectivity index (χ3n) is 4.42. The molecule has 8 heteroatoms. The van der Waals surface area contributed by atoms with Gasteiger partial charge in [0.05, 0.1) is 11.5 Å². The van der Waals surface area contributed by atoms with Gasteiger partial charge in [-0.15, -0.1) is 22.0 Å². The smallest absolute Gasteiger partial charge is 0.234 e. The van der Waals surface area contributed by atoms with Crippen LogP contribution in [0, 0.1) is 19.7 Å². The zero-order valence-corrected chi connectivity index (χ0v) is 18.2. The average Bonchev–Trinajstić information content (AvgIpc) is 3.04. The van der Waals surface area contributed by atoms with Gasteiger partial charge in [0, 0.05) is 18.5 Å². The Balaban J connectivity index is 1.50. The van der Waals surface area contributed by atoms with Crippen molar-refractivity contribution in [1.82, 2.24) is 14.8 Å². The van der Waals surface area contributed by atoms with Crippen molar-refractivity contribution in [2.24, 2.45) is 7.05 Å². The molecule has 1 amide bonds. The molecule has 5 nitrogen and oxygen atoms in total. The Morgan fingerprint density at radius 2 is 1.76 bits per heavy atom. The van der Waals surface area contributed by atoms with Crippen molar-refractivity contribution in [2.45, 2.75) is 30.5 Å². The largest absolute Gasteiger partial charge is 0.325 e. The number of carbonyl (C=O) groups excluding carboxylic acids is 1. The quantitative estimate of drug-likeness (QED) is 0.523. The minimum Gasteiger partial charge on any atom is -0.325 e. The van der Waals surface area contributed by atoms with Gasteiger partial charge in [-0.05, 0) is 42.7 Å². The molecule has 0 aliphatic rings. The first kappa shape index (κ1) is 21.4. The molecule has 0 saturated heterocycles. The number of nitrogens with zero attached hydrogens (tertiary/aromatic N) is 3. The standard InChI is InChI=1S/C21H23FN4OS2/c1-14-5-4-6-15(2)20(14)23-19(27)13-29-21-25-24-18(26(21)3)12-28-11-16-7-9-17(22)10-8-16/h4-10H,11-13H2,1-3H3,(H,23,27). The molecule has 3 rings (SSSR count). The molecule has 0 aliphatic carbocycles. The second kappa shape index (κ2) is 9.93. The SMILES string of the molecule is Cc1cccc(C)c1NC(=O)CSc1nnc(CSCc2ccc(F)cc2)n1C. The summed E-state index contributed by atoms with van der Waals surface area (Å²) in [5.74, 6) is 2.28. The summed E-state index contributed by atoms with van der Waals surface area (Å²) in [5.41, 5.74) is 4.02. The lowest BCUT2D eigenvalue weighted by Crippen LogP contribution is -2.16. The highest BCUT2D eigenvalue weighted by atomic mass is 32.2.